The number of hydrogen-bond acceptors (Lipinski definition) is 6. The van der Waals surface area contributed by atoms with Crippen LogP contribution in [-0.4, -0.2) is 75.8 Å². The summed E-state index contributed by atoms with van der Waals surface area (Å²) in [5.74, 6) is -2.39. The summed E-state index contributed by atoms with van der Waals surface area (Å²) >= 11 is 0. The Morgan fingerprint density at radius 1 is 1.18 bits per heavy atom. The number of amides is 1. The average molecular weight is 457 g/mol. The summed E-state index contributed by atoms with van der Waals surface area (Å²) in [6.07, 6.45) is 0.614. The number of aryl methyl sites for hydroxylation is 2. The highest BCUT2D eigenvalue weighted by Crippen LogP contribution is 2.41. The van der Waals surface area contributed by atoms with Crippen molar-refractivity contribution in [1.29, 1.82) is 0 Å². The number of nitrogens with zero attached hydrogens (tertiary/aromatic N) is 4. The zero-order chi connectivity index (χ0) is 23.7. The van der Waals surface area contributed by atoms with E-state index < -0.39 is 23.5 Å². The standard InChI is InChI=1S/C24H29FN4O4/c1-15-19(16(2)27(3)26-15)22(30)20-21(17-7-4-5-8-18(17)25)29(24(32)23(20)31)10-6-9-28-11-13-33-14-12-28/h4-5,7-8,21,30H,6,9-14H2,1-3H3/t21-/m1/s1. The van der Waals surface area contributed by atoms with Crippen molar-refractivity contribution in [3.63, 3.8) is 0 Å². The van der Waals surface area contributed by atoms with Crippen LogP contribution in [0.15, 0.2) is 29.8 Å². The lowest BCUT2D eigenvalue weighted by atomic mass is 9.94. The number of ketones is 1. The van der Waals surface area contributed by atoms with Gasteiger partial charge in [0.15, 0.2) is 0 Å². The Morgan fingerprint density at radius 3 is 2.52 bits per heavy atom. The minimum atomic E-state index is -1.00. The summed E-state index contributed by atoms with van der Waals surface area (Å²) in [6, 6.07) is 5.06. The maximum absolute atomic E-state index is 14.9. The Kier molecular flexibility index (Phi) is 6.62. The molecule has 0 saturated carbocycles. The number of aliphatic hydroxyl groups is 1. The van der Waals surface area contributed by atoms with Crippen molar-refractivity contribution < 1.29 is 23.8 Å². The number of aromatic nitrogens is 2. The minimum Gasteiger partial charge on any atom is -0.507 e. The van der Waals surface area contributed by atoms with Gasteiger partial charge in [-0.2, -0.15) is 5.10 Å². The normalized spacial score (nSPS) is 21.2. The summed E-state index contributed by atoms with van der Waals surface area (Å²) < 4.78 is 21.9. The van der Waals surface area contributed by atoms with Crippen molar-refractivity contribution in [3.8, 4) is 0 Å². The van der Waals surface area contributed by atoms with E-state index in [4.69, 9.17) is 4.74 Å². The molecule has 0 aliphatic carbocycles. The zero-order valence-electron chi connectivity index (χ0n) is 19.2. The third-order valence-corrected chi connectivity index (χ3v) is 6.46. The summed E-state index contributed by atoms with van der Waals surface area (Å²) in [7, 11) is 1.73. The fourth-order valence-corrected chi connectivity index (χ4v) is 4.67. The molecule has 8 nitrogen and oxygen atoms in total. The minimum absolute atomic E-state index is 0.101. The van der Waals surface area contributed by atoms with E-state index in [1.807, 2.05) is 0 Å². The van der Waals surface area contributed by atoms with Crippen LogP contribution in [0.3, 0.4) is 0 Å². The van der Waals surface area contributed by atoms with Crippen molar-refractivity contribution >= 4 is 17.4 Å². The number of carbonyl (C=O) groups is 2. The van der Waals surface area contributed by atoms with Gasteiger partial charge in [0.25, 0.3) is 11.7 Å². The van der Waals surface area contributed by atoms with Gasteiger partial charge in [0.05, 0.1) is 36.1 Å². The van der Waals surface area contributed by atoms with Gasteiger partial charge in [-0.3, -0.25) is 19.2 Å². The van der Waals surface area contributed by atoms with Gasteiger partial charge in [-0.15, -0.1) is 0 Å². The Morgan fingerprint density at radius 2 is 1.88 bits per heavy atom. The number of aliphatic hydroxyl groups excluding tert-OH is 1. The summed E-state index contributed by atoms with van der Waals surface area (Å²) in [5.41, 5.74) is 1.65. The molecule has 0 spiro atoms. The molecule has 2 saturated heterocycles. The van der Waals surface area contributed by atoms with Crippen molar-refractivity contribution in [1.82, 2.24) is 19.6 Å². The molecular formula is C24H29FN4O4. The highest BCUT2D eigenvalue weighted by atomic mass is 19.1. The van der Waals surface area contributed by atoms with E-state index in [-0.39, 0.29) is 23.4 Å². The molecule has 1 amide bonds. The van der Waals surface area contributed by atoms with Crippen LogP contribution in [0.1, 0.15) is 35.0 Å². The lowest BCUT2D eigenvalue weighted by molar-refractivity contribution is -0.140. The van der Waals surface area contributed by atoms with Crippen LogP contribution in [0.2, 0.25) is 0 Å². The Bertz CT molecular complexity index is 1100. The molecule has 0 unspecified atom stereocenters. The van der Waals surface area contributed by atoms with Gasteiger partial charge in [0.1, 0.15) is 11.6 Å². The van der Waals surface area contributed by atoms with Crippen LogP contribution >= 0.6 is 0 Å². The van der Waals surface area contributed by atoms with E-state index in [1.54, 1.807) is 43.8 Å². The smallest absolute Gasteiger partial charge is 0.295 e. The molecule has 1 N–H and O–H groups in total. The van der Waals surface area contributed by atoms with Crippen LogP contribution in [0.5, 0.6) is 0 Å². The van der Waals surface area contributed by atoms with Crippen LogP contribution in [-0.2, 0) is 21.4 Å². The average Bonchev–Trinajstić information content (AvgIpc) is 3.20. The van der Waals surface area contributed by atoms with Crippen LogP contribution in [0.4, 0.5) is 4.39 Å². The first-order valence-corrected chi connectivity index (χ1v) is 11.1. The lowest BCUT2D eigenvalue weighted by Crippen LogP contribution is -2.39. The molecule has 2 fully saturated rings. The van der Waals surface area contributed by atoms with Crippen LogP contribution in [0.25, 0.3) is 5.76 Å². The predicted molar refractivity (Wildman–Crippen MR) is 120 cm³/mol. The monoisotopic (exact) mass is 456 g/mol. The van der Waals surface area contributed by atoms with E-state index in [0.717, 1.165) is 19.6 Å². The Hall–Kier alpha value is -3.04. The summed E-state index contributed by atoms with van der Waals surface area (Å²) in [5, 5.41) is 15.5. The van der Waals surface area contributed by atoms with Gasteiger partial charge >= 0.3 is 0 Å². The molecule has 0 bridgehead atoms. The molecule has 2 aromatic rings. The molecule has 176 valence electrons. The third kappa shape index (κ3) is 4.30. The molecule has 33 heavy (non-hydrogen) atoms. The second-order valence-electron chi connectivity index (χ2n) is 8.49. The van der Waals surface area contributed by atoms with Crippen molar-refractivity contribution in [3.05, 3.63) is 58.2 Å². The second kappa shape index (κ2) is 9.44. The quantitative estimate of drug-likeness (QED) is 0.408. The molecule has 9 heteroatoms. The first-order chi connectivity index (χ1) is 15.8. The van der Waals surface area contributed by atoms with Gasteiger partial charge in [0.2, 0.25) is 0 Å². The molecule has 2 aliphatic rings. The van der Waals surface area contributed by atoms with E-state index in [1.165, 1.54) is 11.0 Å². The number of hydrogen-bond donors (Lipinski definition) is 1. The number of carbonyl (C=O) groups excluding carboxylic acids is 2. The number of halogens is 1. The molecule has 2 aliphatic heterocycles. The van der Waals surface area contributed by atoms with E-state index in [9.17, 15) is 19.1 Å². The molecular weight excluding hydrogens is 427 g/mol. The number of Topliss-reactive ketones (excluding diaryl/α,β-unsaturated/α-hetero) is 1. The number of likely N-dealkylation sites (tertiary alicyclic amines) is 1. The predicted octanol–water partition coefficient (Wildman–Crippen LogP) is 2.32. The second-order valence-corrected chi connectivity index (χ2v) is 8.49. The Labute approximate surface area is 192 Å². The third-order valence-electron chi connectivity index (χ3n) is 6.46. The van der Waals surface area contributed by atoms with Crippen LogP contribution in [0, 0.1) is 19.7 Å². The van der Waals surface area contributed by atoms with Gasteiger partial charge in [-0.1, -0.05) is 18.2 Å². The van der Waals surface area contributed by atoms with Gasteiger partial charge in [-0.25, -0.2) is 4.39 Å². The maximum atomic E-state index is 14.9. The molecule has 4 rings (SSSR count). The number of benzene rings is 1. The van der Waals surface area contributed by atoms with Crippen molar-refractivity contribution in [2.24, 2.45) is 7.05 Å². The topological polar surface area (TPSA) is 87.9 Å². The lowest BCUT2D eigenvalue weighted by Gasteiger charge is -2.29. The largest absolute Gasteiger partial charge is 0.507 e. The Balaban J connectivity index is 1.73. The number of rotatable bonds is 6. The maximum Gasteiger partial charge on any atom is 0.295 e. The van der Waals surface area contributed by atoms with E-state index in [2.05, 4.69) is 10.00 Å². The van der Waals surface area contributed by atoms with Gasteiger partial charge < -0.3 is 14.7 Å². The molecule has 0 radical (unpaired) electrons. The van der Waals surface area contributed by atoms with Crippen molar-refractivity contribution in [2.45, 2.75) is 26.3 Å². The fourth-order valence-electron chi connectivity index (χ4n) is 4.67. The van der Waals surface area contributed by atoms with E-state index >= 15 is 0 Å². The summed E-state index contributed by atoms with van der Waals surface area (Å²) in [4.78, 5) is 29.8. The van der Waals surface area contributed by atoms with Crippen molar-refractivity contribution in [2.75, 3.05) is 39.4 Å². The number of ether oxygens (including phenoxy) is 1. The van der Waals surface area contributed by atoms with Crippen LogP contribution < -0.4 is 0 Å². The number of morpholine rings is 1. The summed E-state index contributed by atoms with van der Waals surface area (Å²) in [6.45, 7) is 7.46. The highest BCUT2D eigenvalue weighted by molar-refractivity contribution is 6.46. The zero-order valence-corrected chi connectivity index (χ0v) is 19.2. The SMILES string of the molecule is Cc1nn(C)c(C)c1C(O)=C1C(=O)C(=O)N(CCCN2CCOCC2)[C@@H]1c1ccccc1F. The first-order valence-electron chi connectivity index (χ1n) is 11.1. The molecule has 1 aromatic heterocycles. The fraction of sp³-hybridized carbons (Fsp3) is 0.458. The highest BCUT2D eigenvalue weighted by Gasteiger charge is 2.47. The van der Waals surface area contributed by atoms with Gasteiger partial charge in [-0.05, 0) is 26.3 Å². The molecule has 1 atom stereocenters. The van der Waals surface area contributed by atoms with E-state index in [0.29, 0.717) is 36.6 Å². The van der Waals surface area contributed by atoms with Gasteiger partial charge in [0, 0.05) is 44.5 Å². The molecule has 3 heterocycles. The molecule has 1 aromatic carbocycles. The first kappa shape index (κ1) is 23.1.